The molecular weight excluding hydrogens is 382 g/mol. The Morgan fingerprint density at radius 1 is 1.13 bits per heavy atom. The SMILES string of the molecule is CCCCOCC1COC2(CC[C@@]3(c4ccc(OC)c(OC)c4)CCN(C)[C@H]3C2)O1. The van der Waals surface area contributed by atoms with Gasteiger partial charge in [-0.1, -0.05) is 19.4 Å². The van der Waals surface area contributed by atoms with E-state index in [1.807, 2.05) is 6.07 Å². The van der Waals surface area contributed by atoms with Crippen molar-refractivity contribution in [3.05, 3.63) is 23.8 Å². The Morgan fingerprint density at radius 3 is 2.73 bits per heavy atom. The second-order valence-corrected chi connectivity index (χ2v) is 9.07. The van der Waals surface area contributed by atoms with Crippen molar-refractivity contribution in [3.8, 4) is 11.5 Å². The first-order valence-electron chi connectivity index (χ1n) is 11.4. The lowest BCUT2D eigenvalue weighted by molar-refractivity contribution is -0.207. The number of rotatable bonds is 8. The van der Waals surface area contributed by atoms with Crippen molar-refractivity contribution in [3.63, 3.8) is 0 Å². The van der Waals surface area contributed by atoms with Crippen LogP contribution >= 0.6 is 0 Å². The maximum Gasteiger partial charge on any atom is 0.170 e. The molecule has 1 aliphatic carbocycles. The third kappa shape index (κ3) is 3.95. The molecule has 2 heterocycles. The lowest BCUT2D eigenvalue weighted by Crippen LogP contribution is -2.53. The highest BCUT2D eigenvalue weighted by atomic mass is 16.8. The minimum Gasteiger partial charge on any atom is -0.493 e. The quantitative estimate of drug-likeness (QED) is 0.598. The predicted octanol–water partition coefficient (Wildman–Crippen LogP) is 3.76. The fourth-order valence-corrected chi connectivity index (χ4v) is 5.60. The summed E-state index contributed by atoms with van der Waals surface area (Å²) in [6.45, 7) is 5.32. The lowest BCUT2D eigenvalue weighted by Gasteiger charge is -2.48. The molecule has 4 rings (SSSR count). The first-order valence-corrected chi connectivity index (χ1v) is 11.4. The molecule has 6 nitrogen and oxygen atoms in total. The Balaban J connectivity index is 1.49. The fraction of sp³-hybridized carbons (Fsp3) is 0.750. The van der Waals surface area contributed by atoms with Crippen LogP contribution in [0.5, 0.6) is 11.5 Å². The number of likely N-dealkylation sites (tertiary alicyclic amines) is 1. The van der Waals surface area contributed by atoms with Crippen LogP contribution in [0.1, 0.15) is 51.0 Å². The molecule has 0 radical (unpaired) electrons. The number of methoxy groups -OCH3 is 2. The second-order valence-electron chi connectivity index (χ2n) is 9.07. The molecule has 6 heteroatoms. The Kier molecular flexibility index (Phi) is 6.58. The molecule has 1 spiro atoms. The Labute approximate surface area is 180 Å². The van der Waals surface area contributed by atoms with E-state index < -0.39 is 5.79 Å². The van der Waals surface area contributed by atoms with E-state index >= 15 is 0 Å². The van der Waals surface area contributed by atoms with Gasteiger partial charge in [-0.25, -0.2) is 0 Å². The van der Waals surface area contributed by atoms with E-state index in [4.69, 9.17) is 23.7 Å². The van der Waals surface area contributed by atoms with Crippen LogP contribution in [0, 0.1) is 0 Å². The van der Waals surface area contributed by atoms with Crippen molar-refractivity contribution < 1.29 is 23.7 Å². The van der Waals surface area contributed by atoms with Gasteiger partial charge in [-0.3, -0.25) is 0 Å². The summed E-state index contributed by atoms with van der Waals surface area (Å²) in [6, 6.07) is 6.80. The molecule has 1 aromatic rings. The molecule has 0 amide bonds. The third-order valence-corrected chi connectivity index (χ3v) is 7.36. The first kappa shape index (κ1) is 21.9. The minimum absolute atomic E-state index is 0.0437. The summed E-state index contributed by atoms with van der Waals surface area (Å²) in [6.07, 6.45) is 6.28. The Morgan fingerprint density at radius 2 is 1.97 bits per heavy atom. The van der Waals surface area contributed by atoms with E-state index in [0.29, 0.717) is 19.3 Å². The summed E-state index contributed by atoms with van der Waals surface area (Å²) < 4.78 is 29.6. The van der Waals surface area contributed by atoms with E-state index in [-0.39, 0.29) is 11.5 Å². The molecule has 1 aromatic carbocycles. The molecule has 2 unspecified atom stereocenters. The van der Waals surface area contributed by atoms with Gasteiger partial charge in [0.15, 0.2) is 17.3 Å². The van der Waals surface area contributed by atoms with Gasteiger partial charge < -0.3 is 28.6 Å². The van der Waals surface area contributed by atoms with E-state index in [0.717, 1.165) is 63.2 Å². The van der Waals surface area contributed by atoms with Gasteiger partial charge in [-0.05, 0) is 50.6 Å². The van der Waals surface area contributed by atoms with Crippen LogP contribution in [0.25, 0.3) is 0 Å². The topological polar surface area (TPSA) is 49.4 Å². The first-order chi connectivity index (χ1) is 14.6. The maximum absolute atomic E-state index is 6.47. The van der Waals surface area contributed by atoms with Crippen molar-refractivity contribution in [2.45, 2.75) is 68.8 Å². The molecule has 3 fully saturated rings. The molecular formula is C24H37NO5. The van der Waals surface area contributed by atoms with E-state index in [9.17, 15) is 0 Å². The van der Waals surface area contributed by atoms with Crippen molar-refractivity contribution in [2.24, 2.45) is 0 Å². The van der Waals surface area contributed by atoms with Gasteiger partial charge in [0.2, 0.25) is 0 Å². The van der Waals surface area contributed by atoms with Gasteiger partial charge >= 0.3 is 0 Å². The molecule has 3 aliphatic rings. The zero-order chi connectivity index (χ0) is 21.2. The van der Waals surface area contributed by atoms with Crippen LogP contribution in [0.3, 0.4) is 0 Å². The predicted molar refractivity (Wildman–Crippen MR) is 115 cm³/mol. The molecule has 2 aliphatic heterocycles. The van der Waals surface area contributed by atoms with Crippen LogP contribution in [0.4, 0.5) is 0 Å². The lowest BCUT2D eigenvalue weighted by atomic mass is 9.64. The highest BCUT2D eigenvalue weighted by Crippen LogP contribution is 2.54. The molecule has 1 saturated carbocycles. The largest absolute Gasteiger partial charge is 0.493 e. The highest BCUT2D eigenvalue weighted by Gasteiger charge is 2.57. The maximum atomic E-state index is 6.47. The number of ether oxygens (including phenoxy) is 5. The van der Waals surface area contributed by atoms with Gasteiger partial charge in [0, 0.05) is 30.9 Å². The number of benzene rings is 1. The molecule has 30 heavy (non-hydrogen) atoms. The third-order valence-electron chi connectivity index (χ3n) is 7.36. The smallest absolute Gasteiger partial charge is 0.170 e. The van der Waals surface area contributed by atoms with Crippen molar-refractivity contribution >= 4 is 0 Å². The number of likely N-dealkylation sites (N-methyl/N-ethyl adjacent to an activating group) is 1. The molecule has 2 saturated heterocycles. The van der Waals surface area contributed by atoms with Crippen molar-refractivity contribution in [1.29, 1.82) is 0 Å². The molecule has 168 valence electrons. The average molecular weight is 420 g/mol. The van der Waals surface area contributed by atoms with E-state index in [1.54, 1.807) is 14.2 Å². The standard InChI is InChI=1S/C24H37NO5/c1-5-6-13-28-16-19-17-29-24(30-19)10-9-23(11-12-25(2)22(23)15-24)18-7-8-20(26-3)21(14-18)27-4/h7-8,14,19,22H,5-6,9-13,15-17H2,1-4H3/t19?,22-,23-,24?/m0/s1. The van der Waals surface area contributed by atoms with Crippen LogP contribution in [-0.4, -0.2) is 70.5 Å². The molecule has 0 N–H and O–H groups in total. The van der Waals surface area contributed by atoms with Gasteiger partial charge in [0.05, 0.1) is 27.4 Å². The normalized spacial score (nSPS) is 33.7. The Bertz CT molecular complexity index is 728. The number of nitrogens with zero attached hydrogens (tertiary/aromatic N) is 1. The molecule has 4 atom stereocenters. The minimum atomic E-state index is -0.470. The fourth-order valence-electron chi connectivity index (χ4n) is 5.60. The van der Waals surface area contributed by atoms with Gasteiger partial charge in [-0.2, -0.15) is 0 Å². The number of fused-ring (bicyclic) bond motifs is 1. The summed E-state index contributed by atoms with van der Waals surface area (Å²) in [5.41, 5.74) is 1.43. The van der Waals surface area contributed by atoms with Gasteiger partial charge in [0.1, 0.15) is 6.10 Å². The summed E-state index contributed by atoms with van der Waals surface area (Å²) in [5, 5.41) is 0. The number of hydrogen-bond donors (Lipinski definition) is 0. The highest BCUT2D eigenvalue weighted by molar-refractivity contribution is 5.46. The van der Waals surface area contributed by atoms with Gasteiger partial charge in [0.25, 0.3) is 0 Å². The molecule has 0 bridgehead atoms. The van der Waals surface area contributed by atoms with Crippen molar-refractivity contribution in [1.82, 2.24) is 4.90 Å². The average Bonchev–Trinajstić information content (AvgIpc) is 3.33. The Hall–Kier alpha value is -1.34. The van der Waals surface area contributed by atoms with E-state index in [2.05, 4.69) is 31.0 Å². The van der Waals surface area contributed by atoms with Crippen molar-refractivity contribution in [2.75, 3.05) is 47.6 Å². The van der Waals surface area contributed by atoms with Crippen LogP contribution in [0.15, 0.2) is 18.2 Å². The monoisotopic (exact) mass is 419 g/mol. The van der Waals surface area contributed by atoms with Crippen LogP contribution in [0.2, 0.25) is 0 Å². The van der Waals surface area contributed by atoms with E-state index in [1.165, 1.54) is 5.56 Å². The second kappa shape index (κ2) is 9.03. The summed E-state index contributed by atoms with van der Waals surface area (Å²) in [4.78, 5) is 2.48. The van der Waals surface area contributed by atoms with Gasteiger partial charge in [-0.15, -0.1) is 0 Å². The zero-order valence-electron chi connectivity index (χ0n) is 18.9. The summed E-state index contributed by atoms with van der Waals surface area (Å²) >= 11 is 0. The summed E-state index contributed by atoms with van der Waals surface area (Å²) in [5.74, 6) is 1.11. The van der Waals surface area contributed by atoms with Crippen LogP contribution < -0.4 is 9.47 Å². The van der Waals surface area contributed by atoms with Crippen LogP contribution in [-0.2, 0) is 19.6 Å². The zero-order valence-corrected chi connectivity index (χ0v) is 18.9. The molecule has 0 aromatic heterocycles. The number of unbranched alkanes of at least 4 members (excludes halogenated alkanes) is 1. The summed E-state index contributed by atoms with van der Waals surface area (Å²) in [7, 11) is 5.62. The number of hydrogen-bond acceptors (Lipinski definition) is 6.